The van der Waals surface area contributed by atoms with Gasteiger partial charge in [0.2, 0.25) is 5.78 Å². The molecule has 0 aliphatic carbocycles. The van der Waals surface area contributed by atoms with Gasteiger partial charge in [-0.3, -0.25) is 9.59 Å². The Balaban J connectivity index is 1.63. The van der Waals surface area contributed by atoms with Crippen molar-refractivity contribution in [3.8, 4) is 23.0 Å². The van der Waals surface area contributed by atoms with E-state index >= 15 is 0 Å². The molecule has 2 aliphatic rings. The van der Waals surface area contributed by atoms with Gasteiger partial charge in [0.15, 0.2) is 35.4 Å². The summed E-state index contributed by atoms with van der Waals surface area (Å²) < 4.78 is 22.9. The molecule has 3 aromatic rings. The molecule has 0 spiro atoms. The predicted octanol–water partition coefficient (Wildman–Crippen LogP) is 2.88. The standard InChI is InChI=1S/C30H30N2O7/c1-3-12-37-22-9-7-20(15-24(22)36-4-2)27-26(28(33)21-8-10-23-25(16-21)39-14-13-38-23)29(34)30(35)32(27)18-19-6-5-11-31-17-19/h5-11,15-17,27,33H,3-4,12-14,18H2,1-2H3/b28-26+. The first-order valence-electron chi connectivity index (χ1n) is 13.0. The lowest BCUT2D eigenvalue weighted by Crippen LogP contribution is -2.29. The lowest BCUT2D eigenvalue weighted by molar-refractivity contribution is -0.378. The molecule has 202 valence electrons. The number of carbonyl (C=O) groups excluding carboxylic acids is 2. The van der Waals surface area contributed by atoms with Gasteiger partial charge in [-0.15, -0.1) is 0 Å². The molecule has 9 heteroatoms. The zero-order valence-electron chi connectivity index (χ0n) is 21.9. The number of fused-ring (bicyclic) bond motifs is 1. The van der Waals surface area contributed by atoms with E-state index in [1.807, 2.05) is 26.0 Å². The second-order valence-corrected chi connectivity index (χ2v) is 9.17. The zero-order chi connectivity index (χ0) is 27.4. The van der Waals surface area contributed by atoms with E-state index in [2.05, 4.69) is 4.98 Å². The summed E-state index contributed by atoms with van der Waals surface area (Å²) in [6, 6.07) is 12.8. The van der Waals surface area contributed by atoms with Gasteiger partial charge in [-0.1, -0.05) is 24.8 Å². The van der Waals surface area contributed by atoms with E-state index in [0.717, 1.165) is 12.0 Å². The van der Waals surface area contributed by atoms with Crippen molar-refractivity contribution in [2.45, 2.75) is 32.9 Å². The number of Topliss-reactive ketones (excluding diaryl/α,β-unsaturated/α-hetero) is 1. The maximum Gasteiger partial charge on any atom is 0.295 e. The minimum atomic E-state index is -0.926. The van der Waals surface area contributed by atoms with E-state index in [1.165, 1.54) is 4.90 Å². The fourth-order valence-corrected chi connectivity index (χ4v) is 4.74. The maximum atomic E-state index is 13.9. The number of rotatable bonds is 9. The third-order valence-electron chi connectivity index (χ3n) is 6.50. The molecule has 1 amide bonds. The first-order chi connectivity index (χ1) is 19.0. The normalized spacial score (nSPS) is 17.8. The number of carbonyl (C=O) groups is 2. The van der Waals surface area contributed by atoms with Crippen LogP contribution >= 0.6 is 0 Å². The summed E-state index contributed by atoms with van der Waals surface area (Å²) in [5, 5.41) is 13.9. The Morgan fingerprint density at radius 1 is 1.03 bits per heavy atom. The number of aromatic nitrogens is 1. The van der Waals surface area contributed by atoms with Crippen molar-refractivity contribution < 1.29 is 38.6 Å². The first-order valence-corrected chi connectivity index (χ1v) is 13.0. The molecular formula is C30H30N2O7. The van der Waals surface area contributed by atoms with Crippen LogP contribution in [0.25, 0.3) is 5.76 Å². The van der Waals surface area contributed by atoms with E-state index in [-0.39, 0.29) is 17.7 Å². The third kappa shape index (κ3) is 5.25. The summed E-state index contributed by atoms with van der Waals surface area (Å²) in [6.45, 7) is 5.67. The molecule has 1 N–H and O–H groups in total. The Kier molecular flexibility index (Phi) is 7.67. The molecule has 2 aliphatic heterocycles. The Morgan fingerprint density at radius 3 is 2.59 bits per heavy atom. The molecular weight excluding hydrogens is 500 g/mol. The van der Waals surface area contributed by atoms with Gasteiger partial charge in [0, 0.05) is 17.2 Å². The van der Waals surface area contributed by atoms with E-state index in [0.29, 0.717) is 55.0 Å². The number of ether oxygens (including phenoxy) is 4. The van der Waals surface area contributed by atoms with Gasteiger partial charge in [0.1, 0.15) is 13.2 Å². The van der Waals surface area contributed by atoms with Crippen molar-refractivity contribution in [1.82, 2.24) is 4.90 Å². The van der Waals surface area contributed by atoms with Gasteiger partial charge in [0.25, 0.3) is 5.91 Å². The summed E-state index contributed by atoms with van der Waals surface area (Å²) in [5.74, 6) is -0.121. The molecule has 0 bridgehead atoms. The van der Waals surface area contributed by atoms with Gasteiger partial charge in [-0.2, -0.15) is 0 Å². The Morgan fingerprint density at radius 2 is 1.85 bits per heavy atom. The molecule has 1 fully saturated rings. The van der Waals surface area contributed by atoms with Gasteiger partial charge in [-0.05, 0) is 54.8 Å². The van der Waals surface area contributed by atoms with Crippen LogP contribution in [0.1, 0.15) is 43.0 Å². The van der Waals surface area contributed by atoms with Crippen LogP contribution in [0.4, 0.5) is 0 Å². The van der Waals surface area contributed by atoms with Crippen LogP contribution in [0, 0.1) is 0 Å². The summed E-state index contributed by atoms with van der Waals surface area (Å²) in [4.78, 5) is 31.3. The van der Waals surface area contributed by atoms with Crippen molar-refractivity contribution in [2.75, 3.05) is 26.4 Å². The van der Waals surface area contributed by atoms with Crippen LogP contribution in [0.15, 0.2) is 66.5 Å². The number of ketones is 1. The average Bonchev–Trinajstić information content (AvgIpc) is 3.21. The third-order valence-corrected chi connectivity index (χ3v) is 6.50. The highest BCUT2D eigenvalue weighted by Crippen LogP contribution is 2.43. The number of aromatic amines is 1. The summed E-state index contributed by atoms with van der Waals surface area (Å²) in [6.07, 6.45) is 4.33. The lowest BCUT2D eigenvalue weighted by atomic mass is 9.94. The molecule has 9 nitrogen and oxygen atoms in total. The average molecular weight is 531 g/mol. The van der Waals surface area contributed by atoms with Crippen LogP contribution in [-0.2, 0) is 16.1 Å². The second kappa shape index (κ2) is 11.5. The molecule has 1 saturated heterocycles. The molecule has 5 rings (SSSR count). The second-order valence-electron chi connectivity index (χ2n) is 9.17. The summed E-state index contributed by atoms with van der Waals surface area (Å²) >= 11 is 0. The fourth-order valence-electron chi connectivity index (χ4n) is 4.74. The number of pyridine rings is 1. The lowest BCUT2D eigenvalue weighted by Gasteiger charge is -2.28. The number of nitrogens with one attached hydrogen (secondary N) is 1. The van der Waals surface area contributed by atoms with E-state index in [4.69, 9.17) is 18.9 Å². The molecule has 1 atom stereocenters. The highest BCUT2D eigenvalue weighted by molar-refractivity contribution is 6.46. The van der Waals surface area contributed by atoms with Crippen LogP contribution in [-0.4, -0.2) is 43.0 Å². The predicted molar refractivity (Wildman–Crippen MR) is 139 cm³/mol. The number of nitrogens with zero attached hydrogens (tertiary/aromatic N) is 1. The van der Waals surface area contributed by atoms with E-state index in [1.54, 1.807) is 48.8 Å². The molecule has 0 saturated carbocycles. The number of hydrogen-bond acceptors (Lipinski definition) is 7. The van der Waals surface area contributed by atoms with Crippen molar-refractivity contribution in [1.29, 1.82) is 0 Å². The van der Waals surface area contributed by atoms with Crippen LogP contribution in [0.5, 0.6) is 23.0 Å². The quantitative estimate of drug-likeness (QED) is 0.238. The number of likely N-dealkylation sites (tertiary alicyclic amines) is 1. The smallest absolute Gasteiger partial charge is 0.295 e. The van der Waals surface area contributed by atoms with Gasteiger partial charge >= 0.3 is 0 Å². The number of H-pyrrole nitrogens is 1. The van der Waals surface area contributed by atoms with Gasteiger partial charge < -0.3 is 29.0 Å². The molecule has 1 aromatic heterocycles. The highest BCUT2D eigenvalue weighted by atomic mass is 16.6. The SMILES string of the molecule is CCCOc1ccc(C2/C(=C(\[O-])c3ccc4c(c3)OCCO4)C(=O)C(=O)N2Cc2ccc[nH+]c2)cc1OCC. The van der Waals surface area contributed by atoms with Crippen LogP contribution in [0.3, 0.4) is 0 Å². The minimum absolute atomic E-state index is 0.124. The van der Waals surface area contributed by atoms with Crippen molar-refractivity contribution >= 4 is 17.4 Å². The number of hydrogen-bond donors (Lipinski definition) is 0. The zero-order valence-corrected chi connectivity index (χ0v) is 21.9. The van der Waals surface area contributed by atoms with Crippen LogP contribution in [0.2, 0.25) is 0 Å². The Labute approximate surface area is 226 Å². The monoisotopic (exact) mass is 530 g/mol. The summed E-state index contributed by atoms with van der Waals surface area (Å²) in [5.41, 5.74) is 1.47. The van der Waals surface area contributed by atoms with E-state index in [9.17, 15) is 14.7 Å². The van der Waals surface area contributed by atoms with Crippen LogP contribution < -0.4 is 29.0 Å². The van der Waals surface area contributed by atoms with Crippen molar-refractivity contribution in [2.24, 2.45) is 0 Å². The van der Waals surface area contributed by atoms with Crippen molar-refractivity contribution in [3.63, 3.8) is 0 Å². The molecule has 39 heavy (non-hydrogen) atoms. The van der Waals surface area contributed by atoms with E-state index < -0.39 is 23.5 Å². The fraction of sp³-hybridized carbons (Fsp3) is 0.300. The van der Waals surface area contributed by atoms with Gasteiger partial charge in [-0.25, -0.2) is 4.98 Å². The minimum Gasteiger partial charge on any atom is -0.872 e. The molecule has 1 unspecified atom stereocenters. The molecule has 0 radical (unpaired) electrons. The topological polar surface area (TPSA) is 111 Å². The van der Waals surface area contributed by atoms with Crippen molar-refractivity contribution in [3.05, 3.63) is 83.2 Å². The van der Waals surface area contributed by atoms with Gasteiger partial charge in [0.05, 0.1) is 25.8 Å². The highest BCUT2D eigenvalue weighted by Gasteiger charge is 2.44. The maximum absolute atomic E-state index is 13.9. The number of amides is 1. The summed E-state index contributed by atoms with van der Waals surface area (Å²) in [7, 11) is 0. The largest absolute Gasteiger partial charge is 0.872 e. The molecule has 2 aromatic carbocycles. The molecule has 3 heterocycles. The number of benzene rings is 2. The Hall–Kier alpha value is -4.53. The Bertz CT molecular complexity index is 1400. The first kappa shape index (κ1) is 26.1.